The van der Waals surface area contributed by atoms with E-state index in [0.717, 1.165) is 40.8 Å². The van der Waals surface area contributed by atoms with Gasteiger partial charge in [-0.25, -0.2) is 0 Å². The molecule has 140 valence electrons. The van der Waals surface area contributed by atoms with Crippen molar-refractivity contribution in [1.82, 2.24) is 10.2 Å². The Balaban J connectivity index is 1.73. The SMILES string of the molecule is O=C(O)CCc1ccc(OC2CCCC2)c(-c2ccc3[nH]nc(O)c3c2)c1. The predicted molar refractivity (Wildman–Crippen MR) is 102 cm³/mol. The van der Waals surface area contributed by atoms with Gasteiger partial charge in [0, 0.05) is 12.0 Å². The molecule has 1 fully saturated rings. The summed E-state index contributed by atoms with van der Waals surface area (Å²) in [5.74, 6) is -0.0528. The Morgan fingerprint density at radius 1 is 1.19 bits per heavy atom. The summed E-state index contributed by atoms with van der Waals surface area (Å²) >= 11 is 0. The first-order chi connectivity index (χ1) is 13.1. The quantitative estimate of drug-likeness (QED) is 0.605. The number of carbonyl (C=O) groups is 1. The van der Waals surface area contributed by atoms with E-state index in [4.69, 9.17) is 9.84 Å². The fourth-order valence-corrected chi connectivity index (χ4v) is 3.67. The Labute approximate surface area is 156 Å². The van der Waals surface area contributed by atoms with Crippen LogP contribution in [0, 0.1) is 0 Å². The Kier molecular flexibility index (Phi) is 4.71. The molecule has 1 aromatic heterocycles. The summed E-state index contributed by atoms with van der Waals surface area (Å²) in [7, 11) is 0. The summed E-state index contributed by atoms with van der Waals surface area (Å²) in [6.07, 6.45) is 5.26. The van der Waals surface area contributed by atoms with Gasteiger partial charge in [0.25, 0.3) is 0 Å². The van der Waals surface area contributed by atoms with E-state index in [2.05, 4.69) is 10.2 Å². The van der Waals surface area contributed by atoms with Gasteiger partial charge in [0.05, 0.1) is 17.0 Å². The van der Waals surface area contributed by atoms with Crippen molar-refractivity contribution in [2.75, 3.05) is 0 Å². The summed E-state index contributed by atoms with van der Waals surface area (Å²) < 4.78 is 6.26. The van der Waals surface area contributed by atoms with Gasteiger partial charge >= 0.3 is 5.97 Å². The van der Waals surface area contributed by atoms with E-state index in [1.54, 1.807) is 0 Å². The van der Waals surface area contributed by atoms with E-state index in [0.29, 0.717) is 11.8 Å². The fourth-order valence-electron chi connectivity index (χ4n) is 3.67. The van der Waals surface area contributed by atoms with Crippen molar-refractivity contribution in [2.45, 2.75) is 44.6 Å². The maximum atomic E-state index is 10.9. The highest BCUT2D eigenvalue weighted by molar-refractivity contribution is 5.89. The van der Waals surface area contributed by atoms with Crippen LogP contribution in [0.2, 0.25) is 0 Å². The van der Waals surface area contributed by atoms with Crippen LogP contribution in [0.4, 0.5) is 0 Å². The first-order valence-corrected chi connectivity index (χ1v) is 9.29. The van der Waals surface area contributed by atoms with Gasteiger partial charge in [-0.05, 0) is 67.5 Å². The maximum absolute atomic E-state index is 10.9. The Hall–Kier alpha value is -3.02. The number of H-pyrrole nitrogens is 1. The standard InChI is InChI=1S/C21H22N2O4/c24-20(25)10-6-13-5-9-19(27-15-3-1-2-4-15)16(11-13)14-7-8-18-17(12-14)21(26)23-22-18/h5,7-9,11-12,15H,1-4,6,10H2,(H,24,25)(H2,22,23,26). The number of carboxylic acids is 1. The molecule has 1 saturated carbocycles. The molecule has 3 N–H and O–H groups in total. The predicted octanol–water partition coefficient (Wildman–Crippen LogP) is 4.27. The van der Waals surface area contributed by atoms with Crippen molar-refractivity contribution >= 4 is 16.9 Å². The number of ether oxygens (including phenoxy) is 1. The minimum Gasteiger partial charge on any atom is -0.492 e. The van der Waals surface area contributed by atoms with Crippen LogP contribution in [0.15, 0.2) is 36.4 Å². The summed E-state index contributed by atoms with van der Waals surface area (Å²) in [6, 6.07) is 11.6. The van der Waals surface area contributed by atoms with Crippen LogP contribution in [0.1, 0.15) is 37.7 Å². The number of aromatic nitrogens is 2. The average molecular weight is 366 g/mol. The molecule has 0 unspecified atom stereocenters. The summed E-state index contributed by atoms with van der Waals surface area (Å²) in [5, 5.41) is 26.2. The molecule has 0 saturated heterocycles. The van der Waals surface area contributed by atoms with Gasteiger partial charge in [0.1, 0.15) is 5.75 Å². The maximum Gasteiger partial charge on any atom is 0.303 e. The van der Waals surface area contributed by atoms with Gasteiger partial charge in [-0.2, -0.15) is 0 Å². The molecule has 0 amide bonds. The second kappa shape index (κ2) is 7.31. The first kappa shape index (κ1) is 17.4. The Morgan fingerprint density at radius 2 is 2.00 bits per heavy atom. The molecule has 6 nitrogen and oxygen atoms in total. The molecule has 27 heavy (non-hydrogen) atoms. The zero-order valence-corrected chi connectivity index (χ0v) is 14.9. The molecule has 0 bridgehead atoms. The van der Waals surface area contributed by atoms with Crippen LogP contribution in [0.3, 0.4) is 0 Å². The van der Waals surface area contributed by atoms with Crippen LogP contribution < -0.4 is 4.74 Å². The third-order valence-corrected chi connectivity index (χ3v) is 5.12. The van der Waals surface area contributed by atoms with Gasteiger partial charge in [-0.3, -0.25) is 9.89 Å². The van der Waals surface area contributed by atoms with Crippen LogP contribution >= 0.6 is 0 Å². The molecule has 1 heterocycles. The van der Waals surface area contributed by atoms with Gasteiger partial charge in [-0.1, -0.05) is 12.1 Å². The number of aromatic hydroxyl groups is 1. The lowest BCUT2D eigenvalue weighted by atomic mass is 9.98. The van der Waals surface area contributed by atoms with Crippen molar-refractivity contribution in [3.8, 4) is 22.8 Å². The van der Waals surface area contributed by atoms with Crippen LogP contribution in [-0.4, -0.2) is 32.5 Å². The van der Waals surface area contributed by atoms with Gasteiger partial charge in [0.2, 0.25) is 5.88 Å². The number of carboxylic acid groups (broad SMARTS) is 1. The molecule has 6 heteroatoms. The molecule has 1 aliphatic carbocycles. The Bertz CT molecular complexity index is 973. The lowest BCUT2D eigenvalue weighted by Crippen LogP contribution is -2.11. The lowest BCUT2D eigenvalue weighted by molar-refractivity contribution is -0.136. The van der Waals surface area contributed by atoms with E-state index in [1.807, 2.05) is 36.4 Å². The average Bonchev–Trinajstić information content (AvgIpc) is 3.30. The number of aryl methyl sites for hydroxylation is 1. The van der Waals surface area contributed by atoms with Crippen molar-refractivity contribution in [1.29, 1.82) is 0 Å². The molecular formula is C21H22N2O4. The third kappa shape index (κ3) is 3.74. The molecule has 4 rings (SSSR count). The minimum absolute atomic E-state index is 0.0351. The zero-order valence-electron chi connectivity index (χ0n) is 14.9. The van der Waals surface area contributed by atoms with Crippen molar-refractivity contribution in [2.24, 2.45) is 0 Å². The summed E-state index contributed by atoms with van der Waals surface area (Å²) in [4.78, 5) is 10.9. The Morgan fingerprint density at radius 3 is 2.78 bits per heavy atom. The molecule has 0 aliphatic heterocycles. The number of fused-ring (bicyclic) bond motifs is 1. The number of hydrogen-bond acceptors (Lipinski definition) is 4. The zero-order chi connectivity index (χ0) is 18.8. The van der Waals surface area contributed by atoms with E-state index in [1.165, 1.54) is 12.8 Å². The monoisotopic (exact) mass is 366 g/mol. The normalized spacial score (nSPS) is 14.7. The van der Waals surface area contributed by atoms with E-state index < -0.39 is 5.97 Å². The highest BCUT2D eigenvalue weighted by Crippen LogP contribution is 2.36. The number of benzene rings is 2. The molecule has 1 aliphatic rings. The second-order valence-corrected chi connectivity index (χ2v) is 7.06. The van der Waals surface area contributed by atoms with Gasteiger partial charge < -0.3 is 14.9 Å². The largest absolute Gasteiger partial charge is 0.492 e. The van der Waals surface area contributed by atoms with Gasteiger partial charge in [-0.15, -0.1) is 5.10 Å². The molecule has 0 radical (unpaired) electrons. The van der Waals surface area contributed by atoms with Crippen molar-refractivity contribution in [3.63, 3.8) is 0 Å². The topological polar surface area (TPSA) is 95.4 Å². The smallest absolute Gasteiger partial charge is 0.303 e. The number of aromatic amines is 1. The molecular weight excluding hydrogens is 344 g/mol. The van der Waals surface area contributed by atoms with Crippen molar-refractivity contribution in [3.05, 3.63) is 42.0 Å². The van der Waals surface area contributed by atoms with E-state index >= 15 is 0 Å². The first-order valence-electron chi connectivity index (χ1n) is 9.29. The van der Waals surface area contributed by atoms with E-state index in [9.17, 15) is 9.90 Å². The van der Waals surface area contributed by atoms with Crippen LogP contribution in [0.5, 0.6) is 11.6 Å². The summed E-state index contributed by atoms with van der Waals surface area (Å²) in [6.45, 7) is 0. The molecule has 0 atom stereocenters. The number of rotatable bonds is 6. The van der Waals surface area contributed by atoms with Crippen molar-refractivity contribution < 1.29 is 19.7 Å². The molecule has 0 spiro atoms. The second-order valence-electron chi connectivity index (χ2n) is 7.06. The number of aliphatic carboxylic acids is 1. The van der Waals surface area contributed by atoms with Gasteiger partial charge in [0.15, 0.2) is 0 Å². The molecule has 2 aromatic carbocycles. The lowest BCUT2D eigenvalue weighted by Gasteiger charge is -2.18. The fraction of sp³-hybridized carbons (Fsp3) is 0.333. The molecule has 3 aromatic rings. The number of nitrogens with one attached hydrogen (secondary N) is 1. The van der Waals surface area contributed by atoms with Crippen LogP contribution in [0.25, 0.3) is 22.0 Å². The van der Waals surface area contributed by atoms with Crippen LogP contribution in [-0.2, 0) is 11.2 Å². The number of nitrogens with zero attached hydrogens (tertiary/aromatic N) is 1. The number of hydrogen-bond donors (Lipinski definition) is 3. The minimum atomic E-state index is -0.812. The highest BCUT2D eigenvalue weighted by atomic mass is 16.5. The highest BCUT2D eigenvalue weighted by Gasteiger charge is 2.19. The third-order valence-electron chi connectivity index (χ3n) is 5.12. The summed E-state index contributed by atoms with van der Waals surface area (Å²) in [5.41, 5.74) is 3.52. The van der Waals surface area contributed by atoms with E-state index in [-0.39, 0.29) is 18.4 Å².